The Morgan fingerprint density at radius 2 is 1.88 bits per heavy atom. The SMILES string of the molecule is COC(=O)c1ccc2nc(Cc3cc(F)c(-c4cccc(OCc5ccc(C#N)cc5)n4)cc3F)n(C[C@@H]3CCO3)c2c1. The molecule has 1 atom stereocenters. The van der Waals surface area contributed by atoms with Crippen molar-refractivity contribution in [2.75, 3.05) is 13.7 Å². The van der Waals surface area contributed by atoms with Crippen molar-refractivity contribution < 1.29 is 27.8 Å². The highest BCUT2D eigenvalue weighted by molar-refractivity contribution is 5.93. The van der Waals surface area contributed by atoms with E-state index in [1.807, 2.05) is 4.57 Å². The minimum atomic E-state index is -0.633. The van der Waals surface area contributed by atoms with E-state index in [9.17, 15) is 4.79 Å². The first kappa shape index (κ1) is 28.0. The van der Waals surface area contributed by atoms with Crippen LogP contribution in [0.5, 0.6) is 5.88 Å². The first-order valence-electron chi connectivity index (χ1n) is 13.7. The second kappa shape index (κ2) is 12.0. The van der Waals surface area contributed by atoms with Gasteiger partial charge in [-0.1, -0.05) is 18.2 Å². The molecule has 1 saturated heterocycles. The molecule has 0 radical (unpaired) electrons. The molecule has 1 aliphatic heterocycles. The van der Waals surface area contributed by atoms with Crippen molar-refractivity contribution in [3.63, 3.8) is 0 Å². The van der Waals surface area contributed by atoms with E-state index in [2.05, 4.69) is 16.0 Å². The lowest BCUT2D eigenvalue weighted by atomic mass is 10.0. The summed E-state index contributed by atoms with van der Waals surface area (Å²) in [6.07, 6.45) is 0.870. The van der Waals surface area contributed by atoms with E-state index in [0.717, 1.165) is 18.1 Å². The van der Waals surface area contributed by atoms with Crippen LogP contribution in [0.4, 0.5) is 8.78 Å². The fourth-order valence-electron chi connectivity index (χ4n) is 4.96. The number of esters is 1. The van der Waals surface area contributed by atoms with Gasteiger partial charge in [-0.05, 0) is 66.1 Å². The largest absolute Gasteiger partial charge is 0.473 e. The maximum Gasteiger partial charge on any atom is 0.337 e. The number of imidazole rings is 1. The molecular formula is C33H26F2N4O4. The molecule has 3 aromatic carbocycles. The quantitative estimate of drug-likeness (QED) is 0.197. The number of halogens is 2. The van der Waals surface area contributed by atoms with E-state index in [1.54, 1.807) is 60.7 Å². The van der Waals surface area contributed by atoms with Crippen molar-refractivity contribution in [1.82, 2.24) is 14.5 Å². The van der Waals surface area contributed by atoms with Gasteiger partial charge in [0.15, 0.2) is 0 Å². The Hall–Kier alpha value is -5.14. The van der Waals surface area contributed by atoms with Gasteiger partial charge in [0.1, 0.15) is 24.1 Å². The van der Waals surface area contributed by atoms with Gasteiger partial charge in [0.2, 0.25) is 5.88 Å². The average molecular weight is 581 g/mol. The monoisotopic (exact) mass is 580 g/mol. The van der Waals surface area contributed by atoms with Crippen LogP contribution in [-0.2, 0) is 29.0 Å². The molecule has 0 bridgehead atoms. The summed E-state index contributed by atoms with van der Waals surface area (Å²) in [4.78, 5) is 21.2. The summed E-state index contributed by atoms with van der Waals surface area (Å²) in [7, 11) is 1.31. The predicted molar refractivity (Wildman–Crippen MR) is 153 cm³/mol. The molecular weight excluding hydrogens is 554 g/mol. The van der Waals surface area contributed by atoms with Crippen LogP contribution < -0.4 is 4.74 Å². The lowest BCUT2D eigenvalue weighted by molar-refractivity contribution is -0.0589. The van der Waals surface area contributed by atoms with Crippen molar-refractivity contribution in [2.24, 2.45) is 0 Å². The van der Waals surface area contributed by atoms with Crippen LogP contribution >= 0.6 is 0 Å². The summed E-state index contributed by atoms with van der Waals surface area (Å²) in [5.41, 5.74) is 3.43. The highest BCUT2D eigenvalue weighted by atomic mass is 19.1. The molecule has 0 N–H and O–H groups in total. The third-order valence-corrected chi connectivity index (χ3v) is 7.38. The summed E-state index contributed by atoms with van der Waals surface area (Å²) in [5.74, 6) is -0.932. The Balaban J connectivity index is 1.26. The third kappa shape index (κ3) is 5.94. The number of ether oxygens (including phenoxy) is 3. The topological polar surface area (TPSA) is 99.3 Å². The number of rotatable bonds is 9. The molecule has 5 aromatic rings. The van der Waals surface area contributed by atoms with Gasteiger partial charge in [-0.15, -0.1) is 0 Å². The van der Waals surface area contributed by atoms with Crippen molar-refractivity contribution in [2.45, 2.75) is 32.1 Å². The number of hydrogen-bond acceptors (Lipinski definition) is 7. The van der Waals surface area contributed by atoms with Crippen LogP contribution in [0.1, 0.15) is 39.3 Å². The molecule has 0 spiro atoms. The van der Waals surface area contributed by atoms with Gasteiger partial charge >= 0.3 is 5.97 Å². The van der Waals surface area contributed by atoms with Crippen LogP contribution in [0.15, 0.2) is 72.8 Å². The molecule has 216 valence electrons. The van der Waals surface area contributed by atoms with Crippen LogP contribution in [0, 0.1) is 23.0 Å². The van der Waals surface area contributed by atoms with Gasteiger partial charge in [-0.25, -0.2) is 23.5 Å². The van der Waals surface area contributed by atoms with E-state index in [-0.39, 0.29) is 41.8 Å². The van der Waals surface area contributed by atoms with Crippen LogP contribution in [0.2, 0.25) is 0 Å². The second-order valence-electron chi connectivity index (χ2n) is 10.2. The maximum atomic E-state index is 15.5. The Morgan fingerprint density at radius 3 is 2.60 bits per heavy atom. The zero-order valence-electron chi connectivity index (χ0n) is 23.2. The Bertz CT molecular complexity index is 1860. The third-order valence-electron chi connectivity index (χ3n) is 7.38. The van der Waals surface area contributed by atoms with Crippen molar-refractivity contribution in [3.8, 4) is 23.2 Å². The number of nitrogens with zero attached hydrogens (tertiary/aromatic N) is 4. The standard InChI is InChI=1S/C33H26F2N4O4/c1-41-33(40)22-9-10-29-30(14-22)39(18-24-11-12-42-24)31(37-29)15-23-13-27(35)25(16-26(23)34)28-3-2-4-32(38-28)43-19-21-7-5-20(17-36)6-8-21/h2-10,13-14,16,24H,11-12,15,18-19H2,1H3/t24-/m0/s1. The van der Waals surface area contributed by atoms with Gasteiger partial charge in [0.05, 0.1) is 53.7 Å². The summed E-state index contributed by atoms with van der Waals surface area (Å²) in [6.45, 7) is 1.33. The minimum absolute atomic E-state index is 0.00386. The number of methoxy groups -OCH3 is 1. The minimum Gasteiger partial charge on any atom is -0.473 e. The van der Waals surface area contributed by atoms with E-state index in [0.29, 0.717) is 41.1 Å². The van der Waals surface area contributed by atoms with E-state index in [1.165, 1.54) is 13.2 Å². The predicted octanol–water partition coefficient (Wildman–Crippen LogP) is 5.99. The number of fused-ring (bicyclic) bond motifs is 1. The number of hydrogen-bond donors (Lipinski definition) is 0. The molecule has 10 heteroatoms. The molecule has 8 nitrogen and oxygen atoms in total. The number of carbonyl (C=O) groups excluding carboxylic acids is 1. The molecule has 0 aliphatic carbocycles. The Kier molecular flexibility index (Phi) is 7.81. The summed E-state index contributed by atoms with van der Waals surface area (Å²) in [6, 6.07) is 21.2. The van der Waals surface area contributed by atoms with Crippen LogP contribution in [-0.4, -0.2) is 40.3 Å². The van der Waals surface area contributed by atoms with Crippen LogP contribution in [0.25, 0.3) is 22.3 Å². The van der Waals surface area contributed by atoms with E-state index in [4.69, 9.17) is 19.5 Å². The number of aromatic nitrogens is 3. The molecule has 0 saturated carbocycles. The fourth-order valence-corrected chi connectivity index (χ4v) is 4.96. The number of benzene rings is 3. The molecule has 0 amide bonds. The fraction of sp³-hybridized carbons (Fsp3) is 0.212. The molecule has 2 aromatic heterocycles. The van der Waals surface area contributed by atoms with Crippen LogP contribution in [0.3, 0.4) is 0 Å². The number of nitriles is 1. The highest BCUT2D eigenvalue weighted by Gasteiger charge is 2.24. The van der Waals surface area contributed by atoms with Gasteiger partial charge in [0.25, 0.3) is 0 Å². The van der Waals surface area contributed by atoms with Gasteiger partial charge in [0, 0.05) is 24.7 Å². The number of pyridine rings is 1. The summed E-state index contributed by atoms with van der Waals surface area (Å²) < 4.78 is 49.1. The lowest BCUT2D eigenvalue weighted by Crippen LogP contribution is -2.31. The van der Waals surface area contributed by atoms with E-state index >= 15 is 8.78 Å². The Labute approximate surface area is 246 Å². The zero-order valence-corrected chi connectivity index (χ0v) is 23.2. The smallest absolute Gasteiger partial charge is 0.337 e. The maximum absolute atomic E-state index is 15.5. The number of carbonyl (C=O) groups is 1. The first-order chi connectivity index (χ1) is 20.9. The summed E-state index contributed by atoms with van der Waals surface area (Å²) >= 11 is 0. The first-order valence-corrected chi connectivity index (χ1v) is 13.7. The molecule has 0 unspecified atom stereocenters. The molecule has 6 rings (SSSR count). The van der Waals surface area contributed by atoms with E-state index < -0.39 is 17.6 Å². The molecule has 43 heavy (non-hydrogen) atoms. The van der Waals surface area contributed by atoms with Gasteiger partial charge in [-0.2, -0.15) is 5.26 Å². The normalized spacial score (nSPS) is 14.2. The molecule has 3 heterocycles. The van der Waals surface area contributed by atoms with Crippen molar-refractivity contribution in [1.29, 1.82) is 5.26 Å². The summed E-state index contributed by atoms with van der Waals surface area (Å²) in [5, 5.41) is 8.96. The molecule has 1 aliphatic rings. The molecule has 1 fully saturated rings. The highest BCUT2D eigenvalue weighted by Crippen LogP contribution is 2.29. The average Bonchev–Trinajstić information content (AvgIpc) is 3.35. The lowest BCUT2D eigenvalue weighted by Gasteiger charge is -2.27. The van der Waals surface area contributed by atoms with Crippen molar-refractivity contribution in [3.05, 3.63) is 113 Å². The zero-order chi connectivity index (χ0) is 29.9. The van der Waals surface area contributed by atoms with Gasteiger partial charge in [-0.3, -0.25) is 0 Å². The van der Waals surface area contributed by atoms with Crippen molar-refractivity contribution >= 4 is 17.0 Å². The Morgan fingerprint density at radius 1 is 1.07 bits per heavy atom. The second-order valence-corrected chi connectivity index (χ2v) is 10.2. The van der Waals surface area contributed by atoms with Gasteiger partial charge < -0.3 is 18.8 Å².